The number of hydrogen-bond donors (Lipinski definition) is 0. The molecule has 0 fully saturated rings. The molecule has 0 radical (unpaired) electrons. The van der Waals surface area contributed by atoms with Crippen molar-refractivity contribution in [2.24, 2.45) is 0 Å². The van der Waals surface area contributed by atoms with Crippen LogP contribution in [0, 0.1) is 15.9 Å². The lowest BCUT2D eigenvalue weighted by Gasteiger charge is -2.04. The van der Waals surface area contributed by atoms with Gasteiger partial charge in [0.25, 0.3) is 5.69 Å². The van der Waals surface area contributed by atoms with Gasteiger partial charge in [0.05, 0.1) is 17.0 Å². The molecule has 2 aromatic rings. The number of hydrogen-bond acceptors (Lipinski definition) is 2. The number of aromatic nitrogens is 1. The summed E-state index contributed by atoms with van der Waals surface area (Å²) in [6, 6.07) is 7.10. The Labute approximate surface area is 91.1 Å². The zero-order chi connectivity index (χ0) is 11.5. The van der Waals surface area contributed by atoms with Gasteiger partial charge in [-0.05, 0) is 24.3 Å². The molecule has 0 bridgehead atoms. The van der Waals surface area contributed by atoms with E-state index in [-0.39, 0.29) is 5.69 Å². The van der Waals surface area contributed by atoms with Gasteiger partial charge >= 0.3 is 0 Å². The first-order valence-electron chi connectivity index (χ1n) is 4.70. The van der Waals surface area contributed by atoms with Crippen LogP contribution in [0.4, 0.5) is 10.1 Å². The number of nitrogens with zero attached hydrogens (tertiary/aromatic N) is 2. The van der Waals surface area contributed by atoms with Crippen molar-refractivity contribution in [3.05, 3.63) is 64.2 Å². The molecule has 0 aliphatic rings. The van der Waals surface area contributed by atoms with Crippen molar-refractivity contribution in [3.8, 4) is 0 Å². The Kier molecular flexibility index (Phi) is 2.68. The molecule has 1 aromatic heterocycles. The molecule has 5 heteroatoms. The fourth-order valence-corrected chi connectivity index (χ4v) is 1.53. The van der Waals surface area contributed by atoms with Crippen molar-refractivity contribution >= 4 is 5.69 Å². The third-order valence-electron chi connectivity index (χ3n) is 2.26. The third-order valence-corrected chi connectivity index (χ3v) is 2.26. The van der Waals surface area contributed by atoms with Gasteiger partial charge in [-0.25, -0.2) is 4.39 Å². The van der Waals surface area contributed by atoms with E-state index in [4.69, 9.17) is 0 Å². The van der Waals surface area contributed by atoms with Gasteiger partial charge < -0.3 is 4.57 Å². The van der Waals surface area contributed by atoms with Gasteiger partial charge in [0, 0.05) is 18.5 Å². The van der Waals surface area contributed by atoms with E-state index in [9.17, 15) is 14.5 Å². The summed E-state index contributed by atoms with van der Waals surface area (Å²) in [5, 5.41) is 10.7. The molecule has 2 rings (SSSR count). The molecular formula is C11H9FN2O2. The summed E-state index contributed by atoms with van der Waals surface area (Å²) in [6.45, 7) is 0.293. The van der Waals surface area contributed by atoms with Crippen LogP contribution in [-0.2, 0) is 6.54 Å². The van der Waals surface area contributed by atoms with E-state index in [0.717, 1.165) is 6.07 Å². The molecule has 1 heterocycles. The van der Waals surface area contributed by atoms with Crippen LogP contribution in [-0.4, -0.2) is 9.49 Å². The van der Waals surface area contributed by atoms with Crippen LogP contribution in [0.25, 0.3) is 0 Å². The van der Waals surface area contributed by atoms with Gasteiger partial charge in [-0.2, -0.15) is 0 Å². The lowest BCUT2D eigenvalue weighted by Crippen LogP contribution is -2.01. The smallest absolute Gasteiger partial charge is 0.274 e. The minimum atomic E-state index is -0.502. The average molecular weight is 220 g/mol. The Balaban J connectivity index is 2.38. The van der Waals surface area contributed by atoms with Crippen molar-refractivity contribution < 1.29 is 9.31 Å². The molecule has 0 atom stereocenters. The van der Waals surface area contributed by atoms with Gasteiger partial charge in [-0.3, -0.25) is 10.1 Å². The van der Waals surface area contributed by atoms with Gasteiger partial charge in [-0.1, -0.05) is 0 Å². The van der Waals surface area contributed by atoms with Crippen molar-refractivity contribution in [2.45, 2.75) is 6.54 Å². The molecule has 0 N–H and O–H groups in total. The topological polar surface area (TPSA) is 48.1 Å². The first-order chi connectivity index (χ1) is 7.66. The highest BCUT2D eigenvalue weighted by Gasteiger charge is 2.14. The summed E-state index contributed by atoms with van der Waals surface area (Å²) in [5.74, 6) is -0.465. The molecule has 0 spiro atoms. The molecule has 0 aliphatic carbocycles. The van der Waals surface area contributed by atoms with Gasteiger partial charge in [0.15, 0.2) is 0 Å². The number of rotatable bonds is 3. The Morgan fingerprint density at radius 3 is 2.62 bits per heavy atom. The molecule has 0 aliphatic heterocycles. The molecule has 0 saturated heterocycles. The minimum absolute atomic E-state index is 0.0601. The van der Waals surface area contributed by atoms with E-state index >= 15 is 0 Å². The third kappa shape index (κ3) is 2.08. The predicted octanol–water partition coefficient (Wildman–Crippen LogP) is 2.58. The second-order valence-electron chi connectivity index (χ2n) is 3.39. The first kappa shape index (κ1) is 10.4. The number of halogens is 1. The van der Waals surface area contributed by atoms with Crippen LogP contribution >= 0.6 is 0 Å². The second kappa shape index (κ2) is 4.14. The SMILES string of the molecule is O=[N+]([O-])c1ccc(F)cc1Cn1cccc1. The van der Waals surface area contributed by atoms with Crippen molar-refractivity contribution in [3.63, 3.8) is 0 Å². The predicted molar refractivity (Wildman–Crippen MR) is 56.6 cm³/mol. The highest BCUT2D eigenvalue weighted by molar-refractivity contribution is 5.40. The molecule has 1 aromatic carbocycles. The number of nitro groups is 1. The summed E-state index contributed by atoms with van der Waals surface area (Å²) in [4.78, 5) is 10.2. The maximum Gasteiger partial charge on any atom is 0.274 e. The molecule has 0 amide bonds. The maximum absolute atomic E-state index is 13.0. The van der Waals surface area contributed by atoms with Crippen LogP contribution in [0.2, 0.25) is 0 Å². The van der Waals surface area contributed by atoms with E-state index in [1.165, 1.54) is 12.1 Å². The molecule has 82 valence electrons. The lowest BCUT2D eigenvalue weighted by atomic mass is 10.1. The standard InChI is InChI=1S/C11H9FN2O2/c12-10-3-4-11(14(15)16)9(7-10)8-13-5-1-2-6-13/h1-7H,8H2. The van der Waals surface area contributed by atoms with E-state index in [0.29, 0.717) is 12.1 Å². The zero-order valence-electron chi connectivity index (χ0n) is 8.34. The summed E-state index contributed by atoms with van der Waals surface area (Å²) >= 11 is 0. The van der Waals surface area contributed by atoms with Crippen LogP contribution in [0.3, 0.4) is 0 Å². The van der Waals surface area contributed by atoms with Crippen LogP contribution in [0.1, 0.15) is 5.56 Å². The Bertz CT molecular complexity index is 509. The highest BCUT2D eigenvalue weighted by Crippen LogP contribution is 2.20. The summed E-state index contributed by atoms with van der Waals surface area (Å²) in [5.41, 5.74) is 0.302. The van der Waals surface area contributed by atoms with Gasteiger partial charge in [0.1, 0.15) is 5.82 Å². The van der Waals surface area contributed by atoms with Crippen molar-refractivity contribution in [1.29, 1.82) is 0 Å². The summed E-state index contributed by atoms with van der Waals surface area (Å²) in [7, 11) is 0. The zero-order valence-corrected chi connectivity index (χ0v) is 8.34. The van der Waals surface area contributed by atoms with E-state index in [2.05, 4.69) is 0 Å². The Morgan fingerprint density at radius 2 is 2.00 bits per heavy atom. The van der Waals surface area contributed by atoms with Crippen molar-refractivity contribution in [2.75, 3.05) is 0 Å². The summed E-state index contributed by atoms with van der Waals surface area (Å²) in [6.07, 6.45) is 3.54. The Hall–Kier alpha value is -2.17. The highest BCUT2D eigenvalue weighted by atomic mass is 19.1. The normalized spacial score (nSPS) is 10.3. The van der Waals surface area contributed by atoms with Gasteiger partial charge in [-0.15, -0.1) is 0 Å². The van der Waals surface area contributed by atoms with Crippen molar-refractivity contribution in [1.82, 2.24) is 4.57 Å². The summed E-state index contributed by atoms with van der Waals surface area (Å²) < 4.78 is 14.8. The van der Waals surface area contributed by atoms with Crippen LogP contribution in [0.5, 0.6) is 0 Å². The van der Waals surface area contributed by atoms with Crippen LogP contribution < -0.4 is 0 Å². The van der Waals surface area contributed by atoms with Crippen LogP contribution in [0.15, 0.2) is 42.7 Å². The van der Waals surface area contributed by atoms with E-state index in [1.54, 1.807) is 17.0 Å². The largest absolute Gasteiger partial charge is 0.350 e. The second-order valence-corrected chi connectivity index (χ2v) is 3.39. The molecular weight excluding hydrogens is 211 g/mol. The number of nitro benzene ring substituents is 1. The Morgan fingerprint density at radius 1 is 1.31 bits per heavy atom. The molecule has 0 saturated carbocycles. The first-order valence-corrected chi connectivity index (χ1v) is 4.70. The average Bonchev–Trinajstić information content (AvgIpc) is 2.70. The fourth-order valence-electron chi connectivity index (χ4n) is 1.53. The lowest BCUT2D eigenvalue weighted by molar-refractivity contribution is -0.385. The van der Waals surface area contributed by atoms with Gasteiger partial charge in [0.2, 0.25) is 0 Å². The quantitative estimate of drug-likeness (QED) is 0.589. The monoisotopic (exact) mass is 220 g/mol. The fraction of sp³-hybridized carbons (Fsp3) is 0.0909. The minimum Gasteiger partial charge on any atom is -0.350 e. The van der Waals surface area contributed by atoms with E-state index in [1.807, 2.05) is 12.1 Å². The molecule has 4 nitrogen and oxygen atoms in total. The van der Waals surface area contributed by atoms with E-state index < -0.39 is 10.7 Å². The maximum atomic E-state index is 13.0. The number of benzene rings is 1. The molecule has 16 heavy (non-hydrogen) atoms. The molecule has 0 unspecified atom stereocenters.